The summed E-state index contributed by atoms with van der Waals surface area (Å²) in [6, 6.07) is 5.69. The highest BCUT2D eigenvalue weighted by atomic mass is 16.5. The second kappa shape index (κ2) is 7.53. The predicted molar refractivity (Wildman–Crippen MR) is 133 cm³/mol. The van der Waals surface area contributed by atoms with Crippen LogP contribution < -0.4 is 4.74 Å². The number of hydrogen-bond donors (Lipinski definition) is 1. The largest absolute Gasteiger partial charge is 0.497 e. The fourth-order valence-corrected chi connectivity index (χ4v) is 10.0. The molecule has 0 spiro atoms. The quantitative estimate of drug-likeness (QED) is 0.679. The molecule has 0 bridgehead atoms. The minimum atomic E-state index is -0.458. The number of benzene rings is 1. The first kappa shape index (κ1) is 22.3. The SMILES string of the molecule is COc1ccc2nn(CC(=O)[C@H]3[C@H]4C[C@H]4[C@H]4[C@@H]5CC[C@@H]6C[C@](C)(O)CC[C@@H]6[C@H]5CC[C@@]43C)nc2c1. The molecule has 1 aromatic heterocycles. The van der Waals surface area contributed by atoms with Gasteiger partial charge in [-0.3, -0.25) is 4.79 Å². The Morgan fingerprint density at radius 2 is 1.83 bits per heavy atom. The van der Waals surface area contributed by atoms with E-state index in [1.54, 1.807) is 11.9 Å². The van der Waals surface area contributed by atoms with E-state index in [-0.39, 0.29) is 17.9 Å². The van der Waals surface area contributed by atoms with Crippen LogP contribution in [0.25, 0.3) is 11.0 Å². The Hall–Kier alpha value is -1.95. The zero-order valence-corrected chi connectivity index (χ0v) is 21.3. The standard InChI is InChI=1S/C29H39N3O3/c1-28(34)10-8-18-16(14-28)4-6-20-19(18)9-11-29(2)26(20)21-13-22(21)27(29)25(33)15-32-30-23-7-5-17(35-3)12-24(23)31-32/h5,7,12,16,18-22,26-27,34H,4,6,8-11,13-15H2,1-3H3/t16-,18+,19-,20-,21-,22+,26-,27-,28-,29+/m1/s1. The third kappa shape index (κ3) is 3.34. The van der Waals surface area contributed by atoms with Gasteiger partial charge in [0, 0.05) is 12.0 Å². The Morgan fingerprint density at radius 1 is 1.03 bits per heavy atom. The fourth-order valence-electron chi connectivity index (χ4n) is 10.0. The lowest BCUT2D eigenvalue weighted by Gasteiger charge is -2.57. The van der Waals surface area contributed by atoms with Crippen LogP contribution in [0.4, 0.5) is 0 Å². The molecule has 0 radical (unpaired) electrons. The predicted octanol–water partition coefficient (Wildman–Crippen LogP) is 4.88. The van der Waals surface area contributed by atoms with Crippen molar-refractivity contribution in [1.29, 1.82) is 0 Å². The highest BCUT2D eigenvalue weighted by Gasteiger charge is 2.70. The summed E-state index contributed by atoms with van der Waals surface area (Å²) in [5.41, 5.74) is 1.26. The molecule has 188 valence electrons. The van der Waals surface area contributed by atoms with Crippen LogP contribution in [0.15, 0.2) is 18.2 Å². The van der Waals surface area contributed by atoms with Gasteiger partial charge in [-0.1, -0.05) is 6.92 Å². The van der Waals surface area contributed by atoms with Crippen LogP contribution in [0.5, 0.6) is 5.75 Å². The number of ketones is 1. The lowest BCUT2D eigenvalue weighted by Crippen LogP contribution is -2.52. The van der Waals surface area contributed by atoms with Crippen LogP contribution in [0.3, 0.4) is 0 Å². The van der Waals surface area contributed by atoms with Crippen molar-refractivity contribution in [3.63, 3.8) is 0 Å². The summed E-state index contributed by atoms with van der Waals surface area (Å²) in [6.45, 7) is 4.78. The van der Waals surface area contributed by atoms with E-state index >= 15 is 0 Å². The number of nitrogens with zero attached hydrogens (tertiary/aromatic N) is 3. The summed E-state index contributed by atoms with van der Waals surface area (Å²) in [7, 11) is 1.65. The number of carbonyl (C=O) groups excluding carboxylic acids is 1. The lowest BCUT2D eigenvalue weighted by molar-refractivity contribution is -0.136. The summed E-state index contributed by atoms with van der Waals surface area (Å²) in [6.07, 6.45) is 9.44. The molecule has 1 aromatic carbocycles. The molecule has 5 aliphatic rings. The third-order valence-electron chi connectivity index (χ3n) is 11.3. The molecular formula is C29H39N3O3. The number of carbonyl (C=O) groups is 1. The molecule has 6 heteroatoms. The van der Waals surface area contributed by atoms with Crippen LogP contribution in [0.1, 0.15) is 65.2 Å². The molecule has 0 unspecified atom stereocenters. The zero-order valence-electron chi connectivity index (χ0n) is 21.3. The summed E-state index contributed by atoms with van der Waals surface area (Å²) >= 11 is 0. The molecule has 5 fully saturated rings. The van der Waals surface area contributed by atoms with Gasteiger partial charge in [0.15, 0.2) is 5.78 Å². The average Bonchev–Trinajstić information content (AvgIpc) is 3.37. The van der Waals surface area contributed by atoms with Crippen LogP contribution in [0, 0.1) is 52.8 Å². The minimum absolute atomic E-state index is 0.134. The molecule has 7 rings (SSSR count). The van der Waals surface area contributed by atoms with Gasteiger partial charge in [0.05, 0.1) is 12.7 Å². The summed E-state index contributed by atoms with van der Waals surface area (Å²) < 4.78 is 5.32. The van der Waals surface area contributed by atoms with E-state index in [0.29, 0.717) is 23.5 Å². The molecule has 10 atom stereocenters. The fraction of sp³-hybridized carbons (Fsp3) is 0.759. The van der Waals surface area contributed by atoms with Gasteiger partial charge in [0.1, 0.15) is 23.3 Å². The van der Waals surface area contributed by atoms with Crippen LogP contribution in [-0.4, -0.2) is 38.6 Å². The zero-order chi connectivity index (χ0) is 24.1. The van der Waals surface area contributed by atoms with Gasteiger partial charge in [0.25, 0.3) is 0 Å². The molecule has 5 aliphatic carbocycles. The lowest BCUT2D eigenvalue weighted by atomic mass is 9.48. The van der Waals surface area contributed by atoms with Gasteiger partial charge < -0.3 is 9.84 Å². The van der Waals surface area contributed by atoms with Crippen LogP contribution in [0.2, 0.25) is 0 Å². The van der Waals surface area contributed by atoms with Crippen molar-refractivity contribution in [1.82, 2.24) is 15.0 Å². The first-order chi connectivity index (χ1) is 16.8. The highest BCUT2D eigenvalue weighted by Crippen LogP contribution is 2.74. The molecule has 35 heavy (non-hydrogen) atoms. The van der Waals surface area contributed by atoms with E-state index < -0.39 is 5.60 Å². The van der Waals surface area contributed by atoms with Gasteiger partial charge in [0.2, 0.25) is 0 Å². The van der Waals surface area contributed by atoms with Gasteiger partial charge >= 0.3 is 0 Å². The Kier molecular flexibility index (Phi) is 4.79. The number of aromatic nitrogens is 3. The number of Topliss-reactive ketones (excluding diaryl/α,β-unsaturated/α-hetero) is 1. The van der Waals surface area contributed by atoms with E-state index in [1.165, 1.54) is 38.5 Å². The highest BCUT2D eigenvalue weighted by molar-refractivity contribution is 5.83. The molecule has 0 aliphatic heterocycles. The van der Waals surface area contributed by atoms with Gasteiger partial charge in [-0.2, -0.15) is 15.0 Å². The van der Waals surface area contributed by atoms with E-state index in [9.17, 15) is 9.90 Å². The second-order valence-electron chi connectivity index (χ2n) is 13.2. The summed E-state index contributed by atoms with van der Waals surface area (Å²) in [5, 5.41) is 19.9. The number of aliphatic hydroxyl groups is 1. The van der Waals surface area contributed by atoms with Crippen molar-refractivity contribution in [3.05, 3.63) is 18.2 Å². The smallest absolute Gasteiger partial charge is 0.160 e. The van der Waals surface area contributed by atoms with Gasteiger partial charge in [-0.15, -0.1) is 0 Å². The number of hydrogen-bond acceptors (Lipinski definition) is 5. The molecule has 6 nitrogen and oxygen atoms in total. The first-order valence-electron chi connectivity index (χ1n) is 13.9. The molecular weight excluding hydrogens is 438 g/mol. The monoisotopic (exact) mass is 477 g/mol. The first-order valence-corrected chi connectivity index (χ1v) is 13.9. The van der Waals surface area contributed by atoms with E-state index in [1.807, 2.05) is 25.1 Å². The Morgan fingerprint density at radius 3 is 2.66 bits per heavy atom. The van der Waals surface area contributed by atoms with E-state index in [2.05, 4.69) is 17.1 Å². The van der Waals surface area contributed by atoms with Crippen molar-refractivity contribution in [2.45, 2.75) is 77.4 Å². The van der Waals surface area contributed by atoms with Crippen molar-refractivity contribution in [2.75, 3.05) is 7.11 Å². The van der Waals surface area contributed by atoms with Gasteiger partial charge in [-0.25, -0.2) is 0 Å². The maximum atomic E-state index is 13.8. The number of fused-ring (bicyclic) bond motifs is 8. The molecule has 0 amide bonds. The molecule has 5 saturated carbocycles. The molecule has 2 aromatic rings. The Balaban J connectivity index is 1.11. The van der Waals surface area contributed by atoms with E-state index in [4.69, 9.17) is 4.74 Å². The topological polar surface area (TPSA) is 77.2 Å². The van der Waals surface area contributed by atoms with Crippen LogP contribution in [-0.2, 0) is 11.3 Å². The van der Waals surface area contributed by atoms with Crippen molar-refractivity contribution < 1.29 is 14.6 Å². The maximum absolute atomic E-state index is 13.8. The molecule has 0 saturated heterocycles. The summed E-state index contributed by atoms with van der Waals surface area (Å²) in [4.78, 5) is 15.4. The number of rotatable bonds is 4. The number of methoxy groups -OCH3 is 1. The van der Waals surface area contributed by atoms with Crippen molar-refractivity contribution >= 4 is 16.8 Å². The Bertz CT molecular complexity index is 1170. The van der Waals surface area contributed by atoms with Gasteiger partial charge in [-0.05, 0) is 117 Å². The minimum Gasteiger partial charge on any atom is -0.497 e. The second-order valence-corrected chi connectivity index (χ2v) is 13.2. The van der Waals surface area contributed by atoms with Crippen molar-refractivity contribution in [3.8, 4) is 5.75 Å². The maximum Gasteiger partial charge on any atom is 0.160 e. The summed E-state index contributed by atoms with van der Waals surface area (Å²) in [5.74, 6) is 6.39. The number of ether oxygens (including phenoxy) is 1. The average molecular weight is 478 g/mol. The third-order valence-corrected chi connectivity index (χ3v) is 11.3. The van der Waals surface area contributed by atoms with Crippen molar-refractivity contribution in [2.24, 2.45) is 52.8 Å². The molecule has 1 heterocycles. The van der Waals surface area contributed by atoms with Crippen LogP contribution >= 0.6 is 0 Å². The Labute approximate surface area is 207 Å². The van der Waals surface area contributed by atoms with E-state index in [0.717, 1.165) is 53.3 Å². The molecule has 1 N–H and O–H groups in total. The normalized spacial score (nSPS) is 45.8.